The van der Waals surface area contributed by atoms with Crippen LogP contribution in [0.1, 0.15) is 17.5 Å². The first kappa shape index (κ1) is 29.5. The van der Waals surface area contributed by atoms with Crippen molar-refractivity contribution in [3.63, 3.8) is 0 Å². The molecule has 3 amide bonds. The van der Waals surface area contributed by atoms with Crippen molar-refractivity contribution in [2.24, 2.45) is 5.73 Å². The number of hydrogen-bond acceptors (Lipinski definition) is 7. The Morgan fingerprint density at radius 3 is 2.38 bits per heavy atom. The minimum atomic E-state index is -1.28. The van der Waals surface area contributed by atoms with Crippen LogP contribution in [-0.4, -0.2) is 75.6 Å². The number of fused-ring (bicyclic) bond motifs is 1. The van der Waals surface area contributed by atoms with Crippen LogP contribution in [0.25, 0.3) is 10.9 Å². The van der Waals surface area contributed by atoms with Crippen LogP contribution in [0.5, 0.6) is 5.75 Å². The van der Waals surface area contributed by atoms with E-state index < -0.39 is 41.8 Å². The Bertz CT molecular complexity index is 1300. The monoisotopic (exact) mass is 555 g/mol. The fraction of sp³-hybridized carbons (Fsp3) is 0.333. The molecule has 0 spiro atoms. The maximum absolute atomic E-state index is 13.3. The molecule has 0 aliphatic rings. The number of aromatic hydroxyl groups is 1. The number of carboxylic acid groups (broad SMARTS) is 1. The largest absolute Gasteiger partial charge is 0.508 e. The molecule has 1 aromatic heterocycles. The number of rotatable bonds is 14. The average molecular weight is 556 g/mol. The quantitative estimate of drug-likeness (QED) is 0.153. The van der Waals surface area contributed by atoms with Crippen LogP contribution in [-0.2, 0) is 32.0 Å². The van der Waals surface area contributed by atoms with Gasteiger partial charge in [0.1, 0.15) is 17.8 Å². The van der Waals surface area contributed by atoms with E-state index >= 15 is 0 Å². The van der Waals surface area contributed by atoms with Gasteiger partial charge in [-0.15, -0.1) is 0 Å². The molecule has 0 fully saturated rings. The first-order valence-electron chi connectivity index (χ1n) is 12.4. The molecule has 0 saturated carbocycles. The first-order chi connectivity index (χ1) is 18.7. The summed E-state index contributed by atoms with van der Waals surface area (Å²) in [6.07, 6.45) is 4.14. The zero-order valence-electron chi connectivity index (χ0n) is 21.5. The van der Waals surface area contributed by atoms with E-state index in [2.05, 4.69) is 20.9 Å². The second kappa shape index (κ2) is 14.2. The van der Waals surface area contributed by atoms with Gasteiger partial charge >= 0.3 is 5.97 Å². The number of nitrogens with one attached hydrogen (secondary N) is 4. The molecular weight excluding hydrogens is 522 g/mol. The summed E-state index contributed by atoms with van der Waals surface area (Å²) in [6, 6.07) is 10.3. The topological polar surface area (TPSA) is 187 Å². The second-order valence-electron chi connectivity index (χ2n) is 9.06. The second-order valence-corrected chi connectivity index (χ2v) is 10.0. The Labute approximate surface area is 229 Å². The third kappa shape index (κ3) is 8.76. The minimum absolute atomic E-state index is 0.0287. The molecule has 2 aromatic carbocycles. The van der Waals surface area contributed by atoms with Crippen molar-refractivity contribution in [3.8, 4) is 5.75 Å². The van der Waals surface area contributed by atoms with Crippen molar-refractivity contribution in [1.29, 1.82) is 0 Å². The van der Waals surface area contributed by atoms with Gasteiger partial charge in [-0.3, -0.25) is 14.4 Å². The van der Waals surface area contributed by atoms with Gasteiger partial charge in [0, 0.05) is 29.9 Å². The lowest BCUT2D eigenvalue weighted by molar-refractivity contribution is -0.142. The first-order valence-corrected chi connectivity index (χ1v) is 13.7. The summed E-state index contributed by atoms with van der Waals surface area (Å²) in [4.78, 5) is 53.3. The molecule has 39 heavy (non-hydrogen) atoms. The third-order valence-corrected chi connectivity index (χ3v) is 6.78. The zero-order chi connectivity index (χ0) is 28.4. The number of thioether (sulfide) groups is 1. The molecule has 3 aromatic rings. The molecule has 3 rings (SSSR count). The molecule has 3 unspecified atom stereocenters. The van der Waals surface area contributed by atoms with Crippen molar-refractivity contribution in [2.75, 3.05) is 18.6 Å². The number of nitrogens with two attached hydrogens (primary N) is 1. The number of carboxylic acids is 1. The lowest BCUT2D eigenvalue weighted by atomic mass is 10.0. The van der Waals surface area contributed by atoms with Crippen LogP contribution in [0.4, 0.5) is 0 Å². The number of hydrogen-bond donors (Lipinski definition) is 7. The number of benzene rings is 2. The number of H-pyrrole nitrogens is 1. The number of para-hydroxylation sites is 1. The predicted octanol–water partition coefficient (Wildman–Crippen LogP) is 0.910. The molecule has 3 atom stereocenters. The summed E-state index contributed by atoms with van der Waals surface area (Å²) in [5.74, 6) is -2.30. The van der Waals surface area contributed by atoms with Crippen LogP contribution >= 0.6 is 11.8 Å². The standard InChI is InChI=1S/C27H33N5O6S/c1-39-11-10-20(28)25(35)30-15-24(34)31-22(13-17-14-29-21-5-3-2-4-19(17)21)26(36)32-23(27(37)38)12-16-6-8-18(33)9-7-16/h2-9,14,20,22-23,29,33H,10-13,15,28H2,1H3,(H,30,35)(H,31,34)(H,32,36)(H,37,38). The highest BCUT2D eigenvalue weighted by Gasteiger charge is 2.28. The van der Waals surface area contributed by atoms with Crippen LogP contribution < -0.4 is 21.7 Å². The van der Waals surface area contributed by atoms with Gasteiger partial charge in [-0.2, -0.15) is 11.8 Å². The molecule has 0 aliphatic heterocycles. The van der Waals surface area contributed by atoms with Crippen molar-refractivity contribution in [1.82, 2.24) is 20.9 Å². The lowest BCUT2D eigenvalue weighted by Gasteiger charge is -2.22. The maximum Gasteiger partial charge on any atom is 0.326 e. The van der Waals surface area contributed by atoms with Crippen molar-refractivity contribution >= 4 is 46.4 Å². The highest BCUT2D eigenvalue weighted by Crippen LogP contribution is 2.19. The summed E-state index contributed by atoms with van der Waals surface area (Å²) in [7, 11) is 0. The summed E-state index contributed by atoms with van der Waals surface area (Å²) in [5, 5.41) is 27.7. The van der Waals surface area contributed by atoms with Gasteiger partial charge in [0.2, 0.25) is 17.7 Å². The van der Waals surface area contributed by atoms with Crippen molar-refractivity contribution in [3.05, 3.63) is 65.9 Å². The van der Waals surface area contributed by atoms with Gasteiger partial charge in [-0.05, 0) is 47.8 Å². The van der Waals surface area contributed by atoms with Crippen LogP contribution in [0.3, 0.4) is 0 Å². The fourth-order valence-corrected chi connectivity index (χ4v) is 4.48. The third-order valence-electron chi connectivity index (χ3n) is 6.13. The Kier molecular flexibility index (Phi) is 10.8. The van der Waals surface area contributed by atoms with Crippen molar-refractivity contribution in [2.45, 2.75) is 37.4 Å². The summed E-state index contributed by atoms with van der Waals surface area (Å²) >= 11 is 1.55. The number of aromatic nitrogens is 1. The van der Waals surface area contributed by atoms with E-state index in [0.29, 0.717) is 17.7 Å². The number of aromatic amines is 1. The Morgan fingerprint density at radius 1 is 0.974 bits per heavy atom. The number of phenolic OH excluding ortho intramolecular Hbond substituents is 1. The Balaban J connectivity index is 1.73. The molecule has 0 saturated heterocycles. The van der Waals surface area contributed by atoms with E-state index in [9.17, 15) is 29.4 Å². The van der Waals surface area contributed by atoms with E-state index in [-0.39, 0.29) is 25.1 Å². The predicted molar refractivity (Wildman–Crippen MR) is 149 cm³/mol. The Hall–Kier alpha value is -4.03. The van der Waals surface area contributed by atoms with Crippen LogP contribution in [0, 0.1) is 0 Å². The number of carbonyl (C=O) groups excluding carboxylic acids is 3. The molecular formula is C27H33N5O6S. The highest BCUT2D eigenvalue weighted by molar-refractivity contribution is 7.98. The van der Waals surface area contributed by atoms with Gasteiger partial charge < -0.3 is 36.9 Å². The van der Waals surface area contributed by atoms with E-state index in [1.165, 1.54) is 12.1 Å². The SMILES string of the molecule is CSCCC(N)C(=O)NCC(=O)NC(Cc1c[nH]c2ccccc12)C(=O)NC(Cc1ccc(O)cc1)C(=O)O. The zero-order valence-corrected chi connectivity index (χ0v) is 22.3. The Morgan fingerprint density at radius 2 is 1.69 bits per heavy atom. The lowest BCUT2D eigenvalue weighted by Crippen LogP contribution is -2.54. The van der Waals surface area contributed by atoms with E-state index in [1.54, 1.807) is 30.1 Å². The maximum atomic E-state index is 13.3. The number of amides is 3. The van der Waals surface area contributed by atoms with Crippen molar-refractivity contribution < 1.29 is 29.4 Å². The van der Waals surface area contributed by atoms with E-state index in [0.717, 1.165) is 16.5 Å². The number of phenols is 1. The van der Waals surface area contributed by atoms with Crippen LogP contribution in [0.2, 0.25) is 0 Å². The normalized spacial score (nSPS) is 13.3. The smallest absolute Gasteiger partial charge is 0.326 e. The minimum Gasteiger partial charge on any atom is -0.508 e. The van der Waals surface area contributed by atoms with Gasteiger partial charge in [-0.25, -0.2) is 4.79 Å². The molecule has 12 heteroatoms. The average Bonchev–Trinajstić information content (AvgIpc) is 3.33. The van der Waals surface area contributed by atoms with Gasteiger partial charge in [0.25, 0.3) is 0 Å². The van der Waals surface area contributed by atoms with E-state index in [4.69, 9.17) is 5.73 Å². The van der Waals surface area contributed by atoms with Gasteiger partial charge in [-0.1, -0.05) is 30.3 Å². The molecule has 1 heterocycles. The number of carbonyl (C=O) groups is 4. The van der Waals surface area contributed by atoms with Crippen LogP contribution in [0.15, 0.2) is 54.7 Å². The molecule has 0 radical (unpaired) electrons. The molecule has 208 valence electrons. The summed E-state index contributed by atoms with van der Waals surface area (Å²) < 4.78 is 0. The molecule has 11 nitrogen and oxygen atoms in total. The fourth-order valence-electron chi connectivity index (χ4n) is 3.99. The van der Waals surface area contributed by atoms with E-state index in [1.807, 2.05) is 30.5 Å². The number of aliphatic carboxylic acids is 1. The van der Waals surface area contributed by atoms with Gasteiger partial charge in [0.05, 0.1) is 12.6 Å². The molecule has 0 bridgehead atoms. The summed E-state index contributed by atoms with van der Waals surface area (Å²) in [5.41, 5.74) is 8.04. The van der Waals surface area contributed by atoms with Gasteiger partial charge in [0.15, 0.2) is 0 Å². The molecule has 0 aliphatic carbocycles. The molecule has 8 N–H and O–H groups in total. The summed E-state index contributed by atoms with van der Waals surface area (Å²) in [6.45, 7) is -0.390. The highest BCUT2D eigenvalue weighted by atomic mass is 32.2.